The summed E-state index contributed by atoms with van der Waals surface area (Å²) in [4.78, 5) is 12.3. The molecule has 3 rings (SSSR count). The highest BCUT2D eigenvalue weighted by molar-refractivity contribution is 7.98. The maximum absolute atomic E-state index is 11.4. The Labute approximate surface area is 126 Å². The number of nitrogen functional groups attached to an aromatic ring is 1. The summed E-state index contributed by atoms with van der Waals surface area (Å²) in [5, 5.41) is 3.58. The average molecular weight is 305 g/mol. The molecule has 1 amide bonds. The van der Waals surface area contributed by atoms with Gasteiger partial charge in [-0.2, -0.15) is 0 Å². The van der Waals surface area contributed by atoms with E-state index in [1.165, 1.54) is 5.56 Å². The summed E-state index contributed by atoms with van der Waals surface area (Å²) in [6.45, 7) is 0. The fraction of sp³-hybridized carbons (Fsp3) is 0.133. The van der Waals surface area contributed by atoms with E-state index in [2.05, 4.69) is 5.32 Å². The van der Waals surface area contributed by atoms with Crippen LogP contribution in [0, 0.1) is 0 Å². The number of rotatable bonds is 3. The van der Waals surface area contributed by atoms with Gasteiger partial charge in [0.05, 0.1) is 6.42 Å². The van der Waals surface area contributed by atoms with Gasteiger partial charge < -0.3 is 11.1 Å². The van der Waals surface area contributed by atoms with Gasteiger partial charge in [0.15, 0.2) is 0 Å². The first-order valence-corrected chi connectivity index (χ1v) is 7.57. The number of benzene rings is 2. The first-order chi connectivity index (χ1) is 9.61. The Hall–Kier alpha value is -1.65. The van der Waals surface area contributed by atoms with Crippen molar-refractivity contribution in [3.05, 3.63) is 52.5 Å². The molecule has 0 spiro atoms. The number of amides is 1. The second kappa shape index (κ2) is 5.38. The van der Waals surface area contributed by atoms with Crippen LogP contribution in [0.1, 0.15) is 11.1 Å². The number of anilines is 2. The Morgan fingerprint density at radius 2 is 2.00 bits per heavy atom. The molecule has 0 aliphatic carbocycles. The molecule has 0 atom stereocenters. The summed E-state index contributed by atoms with van der Waals surface area (Å²) >= 11 is 7.52. The van der Waals surface area contributed by atoms with Crippen LogP contribution in [0.4, 0.5) is 11.4 Å². The Morgan fingerprint density at radius 1 is 1.25 bits per heavy atom. The minimum Gasteiger partial charge on any atom is -0.398 e. The van der Waals surface area contributed by atoms with E-state index in [1.54, 1.807) is 11.8 Å². The molecule has 0 bridgehead atoms. The zero-order valence-electron chi connectivity index (χ0n) is 10.7. The molecule has 0 unspecified atom stereocenters. The number of thioether (sulfide) groups is 1. The molecule has 3 nitrogen and oxygen atoms in total. The Balaban J connectivity index is 1.76. The zero-order valence-corrected chi connectivity index (χ0v) is 12.2. The van der Waals surface area contributed by atoms with Crippen molar-refractivity contribution in [1.29, 1.82) is 0 Å². The highest BCUT2D eigenvalue weighted by atomic mass is 35.5. The molecular weight excluding hydrogens is 292 g/mol. The lowest BCUT2D eigenvalue weighted by Crippen LogP contribution is -2.03. The monoisotopic (exact) mass is 304 g/mol. The first-order valence-electron chi connectivity index (χ1n) is 6.21. The van der Waals surface area contributed by atoms with E-state index in [4.69, 9.17) is 17.3 Å². The summed E-state index contributed by atoms with van der Waals surface area (Å²) in [6, 6.07) is 11.6. The minimum atomic E-state index is 0.0271. The normalized spacial score (nSPS) is 13.2. The molecule has 0 saturated heterocycles. The quantitative estimate of drug-likeness (QED) is 0.671. The van der Waals surface area contributed by atoms with Crippen molar-refractivity contribution < 1.29 is 4.79 Å². The third-order valence-corrected chi connectivity index (χ3v) is 4.56. The molecule has 1 aliphatic rings. The second-order valence-corrected chi connectivity index (χ2v) is 6.14. The molecular formula is C15H13ClN2OS. The standard InChI is InChI=1S/C15H13ClN2OS/c16-11-3-1-9(2-4-11)8-20-14-7-13-10(5-12(14)17)6-15(19)18-13/h1-5,7H,6,8,17H2,(H,18,19). The second-order valence-electron chi connectivity index (χ2n) is 4.69. The van der Waals surface area contributed by atoms with E-state index in [0.717, 1.165) is 32.6 Å². The summed E-state index contributed by atoms with van der Waals surface area (Å²) in [6.07, 6.45) is 0.418. The van der Waals surface area contributed by atoms with Gasteiger partial charge in [0.25, 0.3) is 0 Å². The van der Waals surface area contributed by atoms with Gasteiger partial charge in [0.2, 0.25) is 5.91 Å². The van der Waals surface area contributed by atoms with Gasteiger partial charge in [-0.25, -0.2) is 0 Å². The van der Waals surface area contributed by atoms with Crippen LogP contribution in [-0.2, 0) is 17.0 Å². The number of halogens is 1. The van der Waals surface area contributed by atoms with Crippen LogP contribution in [-0.4, -0.2) is 5.91 Å². The van der Waals surface area contributed by atoms with Crippen LogP contribution in [0.3, 0.4) is 0 Å². The van der Waals surface area contributed by atoms with Crippen LogP contribution < -0.4 is 11.1 Å². The maximum Gasteiger partial charge on any atom is 0.228 e. The fourth-order valence-electron chi connectivity index (χ4n) is 2.14. The van der Waals surface area contributed by atoms with Gasteiger partial charge in [0.1, 0.15) is 0 Å². The molecule has 3 N–H and O–H groups in total. The lowest BCUT2D eigenvalue weighted by atomic mass is 10.1. The largest absolute Gasteiger partial charge is 0.398 e. The van der Waals surface area contributed by atoms with Crippen LogP contribution in [0.15, 0.2) is 41.3 Å². The van der Waals surface area contributed by atoms with E-state index in [-0.39, 0.29) is 5.91 Å². The molecule has 2 aromatic rings. The highest BCUT2D eigenvalue weighted by Gasteiger charge is 2.19. The van der Waals surface area contributed by atoms with Crippen molar-refractivity contribution in [3.63, 3.8) is 0 Å². The van der Waals surface area contributed by atoms with E-state index < -0.39 is 0 Å². The molecule has 0 aromatic heterocycles. The van der Waals surface area contributed by atoms with Gasteiger partial charge in [-0.3, -0.25) is 4.79 Å². The van der Waals surface area contributed by atoms with Crippen molar-refractivity contribution in [2.45, 2.75) is 17.1 Å². The zero-order chi connectivity index (χ0) is 14.1. The number of nitrogens with two attached hydrogens (primary N) is 1. The summed E-state index contributed by atoms with van der Waals surface area (Å²) in [7, 11) is 0. The Morgan fingerprint density at radius 3 is 2.75 bits per heavy atom. The van der Waals surface area contributed by atoms with Crippen molar-refractivity contribution in [3.8, 4) is 0 Å². The third kappa shape index (κ3) is 2.76. The molecule has 20 heavy (non-hydrogen) atoms. The number of carbonyl (C=O) groups is 1. The van der Waals surface area contributed by atoms with Gasteiger partial charge in [-0.1, -0.05) is 23.7 Å². The average Bonchev–Trinajstić information content (AvgIpc) is 2.77. The lowest BCUT2D eigenvalue weighted by molar-refractivity contribution is -0.115. The van der Waals surface area contributed by atoms with Crippen LogP contribution >= 0.6 is 23.4 Å². The molecule has 5 heteroatoms. The summed E-state index contributed by atoms with van der Waals surface area (Å²) in [5.41, 5.74) is 9.80. The summed E-state index contributed by atoms with van der Waals surface area (Å²) in [5.74, 6) is 0.841. The molecule has 0 radical (unpaired) electrons. The summed E-state index contributed by atoms with van der Waals surface area (Å²) < 4.78 is 0. The SMILES string of the molecule is Nc1cc2c(cc1SCc1ccc(Cl)cc1)NC(=O)C2. The number of fused-ring (bicyclic) bond motifs is 1. The number of hydrogen-bond donors (Lipinski definition) is 2. The first kappa shape index (κ1) is 13.3. The fourth-order valence-corrected chi connectivity index (χ4v) is 3.21. The van der Waals surface area contributed by atoms with Gasteiger partial charge in [-0.05, 0) is 35.4 Å². The highest BCUT2D eigenvalue weighted by Crippen LogP contribution is 2.35. The van der Waals surface area contributed by atoms with Crippen molar-refractivity contribution in [2.24, 2.45) is 0 Å². The van der Waals surface area contributed by atoms with Crippen molar-refractivity contribution in [1.82, 2.24) is 0 Å². The van der Waals surface area contributed by atoms with Crippen molar-refractivity contribution >= 4 is 40.6 Å². The third-order valence-electron chi connectivity index (χ3n) is 3.17. The van der Waals surface area contributed by atoms with Gasteiger partial charge in [0, 0.05) is 27.0 Å². The van der Waals surface area contributed by atoms with E-state index >= 15 is 0 Å². The maximum atomic E-state index is 11.4. The number of nitrogens with one attached hydrogen (secondary N) is 1. The van der Waals surface area contributed by atoms with Gasteiger partial charge >= 0.3 is 0 Å². The molecule has 0 fully saturated rings. The molecule has 0 saturated carbocycles. The Kier molecular flexibility index (Phi) is 3.59. The van der Waals surface area contributed by atoms with E-state index in [0.29, 0.717) is 6.42 Å². The minimum absolute atomic E-state index is 0.0271. The Bertz CT molecular complexity index is 670. The van der Waals surface area contributed by atoms with Crippen molar-refractivity contribution in [2.75, 3.05) is 11.1 Å². The van der Waals surface area contributed by atoms with Crippen LogP contribution in [0.2, 0.25) is 5.02 Å². The van der Waals surface area contributed by atoms with Crippen LogP contribution in [0.25, 0.3) is 0 Å². The predicted molar refractivity (Wildman–Crippen MR) is 84.2 cm³/mol. The molecule has 1 heterocycles. The lowest BCUT2D eigenvalue weighted by Gasteiger charge is -2.08. The van der Waals surface area contributed by atoms with E-state index in [9.17, 15) is 4.79 Å². The molecule has 102 valence electrons. The predicted octanol–water partition coefficient (Wildman–Crippen LogP) is 3.71. The number of hydrogen-bond acceptors (Lipinski definition) is 3. The smallest absolute Gasteiger partial charge is 0.228 e. The molecule has 2 aromatic carbocycles. The number of carbonyl (C=O) groups excluding carboxylic acids is 1. The van der Waals surface area contributed by atoms with Crippen LogP contribution in [0.5, 0.6) is 0 Å². The van der Waals surface area contributed by atoms with Gasteiger partial charge in [-0.15, -0.1) is 11.8 Å². The molecule has 1 aliphatic heterocycles. The van der Waals surface area contributed by atoms with E-state index in [1.807, 2.05) is 36.4 Å². The topological polar surface area (TPSA) is 55.1 Å².